The average Bonchev–Trinajstić information content (AvgIpc) is 2.47. The van der Waals surface area contributed by atoms with Crippen LogP contribution in [0, 0.1) is 5.41 Å². The van der Waals surface area contributed by atoms with Gasteiger partial charge in [0.2, 0.25) is 0 Å². The Kier molecular flexibility index (Phi) is 4.84. The molecule has 2 nitrogen and oxygen atoms in total. The van der Waals surface area contributed by atoms with E-state index in [-0.39, 0.29) is 11.2 Å². The van der Waals surface area contributed by atoms with Crippen LogP contribution >= 0.6 is 11.8 Å². The molecule has 0 aliphatic carbocycles. The molecule has 21 heavy (non-hydrogen) atoms. The largest absolute Gasteiger partial charge is 0.294 e. The number of nitrogens with zero attached hydrogens (tertiary/aromatic N) is 1. The Balaban J connectivity index is 2.31. The highest BCUT2D eigenvalue weighted by molar-refractivity contribution is 7.99. The van der Waals surface area contributed by atoms with Gasteiger partial charge in [0.15, 0.2) is 5.78 Å². The first-order chi connectivity index (χ1) is 9.91. The van der Waals surface area contributed by atoms with Crippen molar-refractivity contribution in [1.82, 2.24) is 4.98 Å². The summed E-state index contributed by atoms with van der Waals surface area (Å²) in [6.07, 6.45) is 3.46. The van der Waals surface area contributed by atoms with Gasteiger partial charge in [0.1, 0.15) is 0 Å². The molecule has 0 radical (unpaired) electrons. The fourth-order valence-corrected chi connectivity index (χ4v) is 2.73. The van der Waals surface area contributed by atoms with E-state index in [0.29, 0.717) is 5.56 Å². The number of carbonyl (C=O) groups excluding carboxylic acids is 1. The molecule has 2 rings (SSSR count). The fourth-order valence-electron chi connectivity index (χ4n) is 2.07. The molecule has 0 bridgehead atoms. The average molecular weight is 299 g/mol. The first-order valence-electron chi connectivity index (χ1n) is 7.15. The monoisotopic (exact) mass is 299 g/mol. The van der Waals surface area contributed by atoms with Crippen LogP contribution in [0.5, 0.6) is 0 Å². The van der Waals surface area contributed by atoms with Crippen LogP contribution in [0.2, 0.25) is 0 Å². The Bertz CT molecular complexity index is 626. The number of carbonyl (C=O) groups is 1. The van der Waals surface area contributed by atoms with Gasteiger partial charge in [-0.15, -0.1) is 11.8 Å². The summed E-state index contributed by atoms with van der Waals surface area (Å²) in [7, 11) is 0. The summed E-state index contributed by atoms with van der Waals surface area (Å²) in [6.45, 7) is 7.93. The van der Waals surface area contributed by atoms with E-state index in [1.54, 1.807) is 12.4 Å². The standard InChI is InChI=1S/C18H21NOS/c1-5-21-16-8-6-13(7-9-16)14-10-15(12-19-11-14)17(20)18(2,3)4/h6-12H,5H2,1-4H3. The zero-order chi connectivity index (χ0) is 15.5. The highest BCUT2D eigenvalue weighted by atomic mass is 32.2. The molecule has 2 aromatic rings. The van der Waals surface area contributed by atoms with Crippen molar-refractivity contribution >= 4 is 17.5 Å². The molecule has 0 fully saturated rings. The van der Waals surface area contributed by atoms with Gasteiger partial charge in [-0.1, -0.05) is 39.8 Å². The minimum absolute atomic E-state index is 0.120. The number of benzene rings is 1. The van der Waals surface area contributed by atoms with Gasteiger partial charge >= 0.3 is 0 Å². The third-order valence-corrected chi connectivity index (χ3v) is 4.07. The lowest BCUT2D eigenvalue weighted by atomic mass is 9.86. The van der Waals surface area contributed by atoms with Crippen molar-refractivity contribution in [1.29, 1.82) is 0 Å². The van der Waals surface area contributed by atoms with Crippen LogP contribution in [0.1, 0.15) is 38.1 Å². The Morgan fingerprint density at radius 3 is 2.33 bits per heavy atom. The van der Waals surface area contributed by atoms with Crippen molar-refractivity contribution < 1.29 is 4.79 Å². The molecule has 0 amide bonds. The minimum atomic E-state index is -0.387. The van der Waals surface area contributed by atoms with Gasteiger partial charge in [-0.2, -0.15) is 0 Å². The second-order valence-corrected chi connectivity index (χ2v) is 7.34. The molecule has 0 spiro atoms. The number of hydrogen-bond acceptors (Lipinski definition) is 3. The molecule has 1 aromatic heterocycles. The topological polar surface area (TPSA) is 30.0 Å². The van der Waals surface area contributed by atoms with Crippen molar-refractivity contribution in [2.75, 3.05) is 5.75 Å². The lowest BCUT2D eigenvalue weighted by molar-refractivity contribution is 0.0858. The summed E-state index contributed by atoms with van der Waals surface area (Å²) in [5, 5.41) is 0. The molecule has 0 aliphatic heterocycles. The number of ketones is 1. The molecule has 0 saturated carbocycles. The Hall–Kier alpha value is -1.61. The third kappa shape index (κ3) is 3.94. The van der Waals surface area contributed by atoms with Crippen molar-refractivity contribution in [2.45, 2.75) is 32.6 Å². The Morgan fingerprint density at radius 1 is 1.10 bits per heavy atom. The van der Waals surface area contributed by atoms with Gasteiger partial charge in [-0.25, -0.2) is 0 Å². The lowest BCUT2D eigenvalue weighted by Gasteiger charge is -2.16. The smallest absolute Gasteiger partial charge is 0.169 e. The summed E-state index contributed by atoms with van der Waals surface area (Å²) in [5.74, 6) is 1.19. The van der Waals surface area contributed by atoms with E-state index in [4.69, 9.17) is 0 Å². The van der Waals surface area contributed by atoms with E-state index < -0.39 is 0 Å². The third-order valence-electron chi connectivity index (χ3n) is 3.18. The maximum Gasteiger partial charge on any atom is 0.169 e. The van der Waals surface area contributed by atoms with Gasteiger partial charge < -0.3 is 0 Å². The predicted molar refractivity (Wildman–Crippen MR) is 89.9 cm³/mol. The second kappa shape index (κ2) is 6.44. The summed E-state index contributed by atoms with van der Waals surface area (Å²) >= 11 is 1.82. The molecule has 1 heterocycles. The SMILES string of the molecule is CCSc1ccc(-c2cncc(C(=O)C(C)(C)C)c2)cc1. The van der Waals surface area contributed by atoms with Crippen LogP contribution in [0.4, 0.5) is 0 Å². The summed E-state index contributed by atoms with van der Waals surface area (Å²) < 4.78 is 0. The first kappa shape index (κ1) is 15.8. The van der Waals surface area contributed by atoms with Crippen LogP contribution in [-0.4, -0.2) is 16.5 Å². The maximum atomic E-state index is 12.3. The van der Waals surface area contributed by atoms with Gasteiger partial charge in [0, 0.05) is 33.8 Å². The van der Waals surface area contributed by atoms with E-state index in [1.807, 2.05) is 38.6 Å². The van der Waals surface area contributed by atoms with Crippen LogP contribution in [0.3, 0.4) is 0 Å². The summed E-state index contributed by atoms with van der Waals surface area (Å²) in [5.41, 5.74) is 2.36. The summed E-state index contributed by atoms with van der Waals surface area (Å²) in [4.78, 5) is 17.8. The van der Waals surface area contributed by atoms with Gasteiger partial charge in [0.25, 0.3) is 0 Å². The molecule has 1 aromatic carbocycles. The lowest BCUT2D eigenvalue weighted by Crippen LogP contribution is -2.20. The molecule has 0 unspecified atom stereocenters. The number of aromatic nitrogens is 1. The quantitative estimate of drug-likeness (QED) is 0.582. The number of hydrogen-bond donors (Lipinski definition) is 0. The minimum Gasteiger partial charge on any atom is -0.294 e. The second-order valence-electron chi connectivity index (χ2n) is 6.00. The zero-order valence-electron chi connectivity index (χ0n) is 13.0. The van der Waals surface area contributed by atoms with E-state index in [2.05, 4.69) is 36.2 Å². The van der Waals surface area contributed by atoms with Gasteiger partial charge in [-0.05, 0) is 29.5 Å². The van der Waals surface area contributed by atoms with Crippen LogP contribution in [-0.2, 0) is 0 Å². The number of Topliss-reactive ketones (excluding diaryl/α,β-unsaturated/α-hetero) is 1. The molecule has 0 atom stereocenters. The predicted octanol–water partition coefficient (Wildman–Crippen LogP) is 5.09. The number of rotatable bonds is 4. The zero-order valence-corrected chi connectivity index (χ0v) is 13.8. The van der Waals surface area contributed by atoms with Crippen molar-refractivity contribution in [3.05, 3.63) is 48.3 Å². The molecule has 0 N–H and O–H groups in total. The fraction of sp³-hybridized carbons (Fsp3) is 0.333. The van der Waals surface area contributed by atoms with E-state index in [1.165, 1.54) is 4.90 Å². The van der Waals surface area contributed by atoms with E-state index in [0.717, 1.165) is 16.9 Å². The Labute approximate surface area is 131 Å². The van der Waals surface area contributed by atoms with E-state index in [9.17, 15) is 4.79 Å². The first-order valence-corrected chi connectivity index (χ1v) is 8.13. The van der Waals surface area contributed by atoms with Crippen molar-refractivity contribution in [3.8, 4) is 11.1 Å². The molecule has 110 valence electrons. The van der Waals surface area contributed by atoms with Gasteiger partial charge in [0.05, 0.1) is 0 Å². The van der Waals surface area contributed by atoms with Gasteiger partial charge in [-0.3, -0.25) is 9.78 Å². The van der Waals surface area contributed by atoms with Crippen LogP contribution in [0.25, 0.3) is 11.1 Å². The van der Waals surface area contributed by atoms with Crippen molar-refractivity contribution in [2.24, 2.45) is 5.41 Å². The molecular weight excluding hydrogens is 278 g/mol. The highest BCUT2D eigenvalue weighted by Crippen LogP contribution is 2.26. The molecule has 3 heteroatoms. The van der Waals surface area contributed by atoms with Crippen molar-refractivity contribution in [3.63, 3.8) is 0 Å². The maximum absolute atomic E-state index is 12.3. The highest BCUT2D eigenvalue weighted by Gasteiger charge is 2.23. The van der Waals surface area contributed by atoms with E-state index >= 15 is 0 Å². The molecule has 0 aliphatic rings. The molecular formula is C18H21NOS. The van der Waals surface area contributed by atoms with Crippen LogP contribution in [0.15, 0.2) is 47.6 Å². The molecule has 0 saturated heterocycles. The normalized spacial score (nSPS) is 11.4. The Morgan fingerprint density at radius 2 is 1.76 bits per heavy atom. The number of pyridine rings is 1. The summed E-state index contributed by atoms with van der Waals surface area (Å²) in [6, 6.07) is 10.3. The number of thioether (sulfide) groups is 1. The van der Waals surface area contributed by atoms with Crippen LogP contribution < -0.4 is 0 Å².